The summed E-state index contributed by atoms with van der Waals surface area (Å²) in [5, 5.41) is 0. The van der Waals surface area contributed by atoms with Crippen LogP contribution in [0.1, 0.15) is 25.5 Å². The normalized spacial score (nSPS) is 36.1. The summed E-state index contributed by atoms with van der Waals surface area (Å²) in [4.78, 5) is 8.22. The van der Waals surface area contributed by atoms with Gasteiger partial charge >= 0.3 is 5.97 Å². The standard InChI is InChI=1S/C12H16N2O3/c1-2-3-11-7-15-12(16-8-11,17-9-11)10-6-13-4-5-14-10/h4-6H,2-3,7-9H2,1H3. The van der Waals surface area contributed by atoms with E-state index in [1.54, 1.807) is 18.6 Å². The Morgan fingerprint density at radius 1 is 1.18 bits per heavy atom. The van der Waals surface area contributed by atoms with Gasteiger partial charge in [0.25, 0.3) is 0 Å². The average Bonchev–Trinajstić information content (AvgIpc) is 2.42. The van der Waals surface area contributed by atoms with Crippen molar-refractivity contribution < 1.29 is 14.2 Å². The molecule has 92 valence electrons. The van der Waals surface area contributed by atoms with Crippen LogP contribution in [0.15, 0.2) is 18.6 Å². The summed E-state index contributed by atoms with van der Waals surface area (Å²) in [5.41, 5.74) is 0.614. The second-order valence-electron chi connectivity index (χ2n) is 4.76. The van der Waals surface area contributed by atoms with Crippen LogP contribution in [0.2, 0.25) is 0 Å². The lowest BCUT2D eigenvalue weighted by atomic mass is 9.84. The summed E-state index contributed by atoms with van der Waals surface area (Å²) in [6.07, 6.45) is 7.02. The molecule has 3 saturated heterocycles. The molecule has 3 aliphatic heterocycles. The summed E-state index contributed by atoms with van der Waals surface area (Å²) >= 11 is 0. The minimum Gasteiger partial charge on any atom is -0.322 e. The molecule has 0 spiro atoms. The maximum atomic E-state index is 5.76. The minimum atomic E-state index is -1.12. The number of rotatable bonds is 3. The molecule has 1 aromatic rings. The van der Waals surface area contributed by atoms with Gasteiger partial charge in [0.15, 0.2) is 0 Å². The number of ether oxygens (including phenoxy) is 3. The lowest BCUT2D eigenvalue weighted by Crippen LogP contribution is -2.58. The lowest BCUT2D eigenvalue weighted by molar-refractivity contribution is -0.482. The third-order valence-electron chi connectivity index (χ3n) is 3.36. The molecule has 4 rings (SSSR count). The number of fused-ring (bicyclic) bond motifs is 3. The van der Waals surface area contributed by atoms with Crippen LogP contribution in [-0.4, -0.2) is 29.8 Å². The first kappa shape index (κ1) is 11.1. The van der Waals surface area contributed by atoms with E-state index in [1.165, 1.54) is 0 Å². The van der Waals surface area contributed by atoms with Gasteiger partial charge in [0.2, 0.25) is 0 Å². The van der Waals surface area contributed by atoms with Crippen molar-refractivity contribution in [3.8, 4) is 0 Å². The van der Waals surface area contributed by atoms with Crippen molar-refractivity contribution in [1.29, 1.82) is 0 Å². The van der Waals surface area contributed by atoms with Gasteiger partial charge in [-0.25, -0.2) is 4.98 Å². The second-order valence-corrected chi connectivity index (χ2v) is 4.76. The predicted molar refractivity (Wildman–Crippen MR) is 58.9 cm³/mol. The third-order valence-corrected chi connectivity index (χ3v) is 3.36. The van der Waals surface area contributed by atoms with Gasteiger partial charge in [0, 0.05) is 17.8 Å². The Bertz CT molecular complexity index is 371. The monoisotopic (exact) mass is 236 g/mol. The molecule has 0 saturated carbocycles. The Labute approximate surface area is 100 Å². The first-order chi connectivity index (χ1) is 8.29. The van der Waals surface area contributed by atoms with Gasteiger partial charge in [-0.3, -0.25) is 4.98 Å². The van der Waals surface area contributed by atoms with Crippen molar-refractivity contribution in [2.75, 3.05) is 19.8 Å². The van der Waals surface area contributed by atoms with Gasteiger partial charge in [0.05, 0.1) is 26.0 Å². The highest BCUT2D eigenvalue weighted by Gasteiger charge is 2.54. The van der Waals surface area contributed by atoms with Gasteiger partial charge < -0.3 is 14.2 Å². The highest BCUT2D eigenvalue weighted by molar-refractivity contribution is 5.04. The zero-order valence-electron chi connectivity index (χ0n) is 9.89. The molecule has 0 unspecified atom stereocenters. The van der Waals surface area contributed by atoms with E-state index in [4.69, 9.17) is 14.2 Å². The van der Waals surface area contributed by atoms with E-state index in [0.717, 1.165) is 12.8 Å². The van der Waals surface area contributed by atoms with Crippen LogP contribution in [-0.2, 0) is 20.2 Å². The molecular weight excluding hydrogens is 220 g/mol. The van der Waals surface area contributed by atoms with Crippen LogP contribution in [0, 0.1) is 5.41 Å². The molecule has 3 fully saturated rings. The molecule has 2 bridgehead atoms. The molecule has 0 radical (unpaired) electrons. The zero-order valence-corrected chi connectivity index (χ0v) is 9.89. The van der Waals surface area contributed by atoms with E-state index >= 15 is 0 Å². The topological polar surface area (TPSA) is 53.5 Å². The summed E-state index contributed by atoms with van der Waals surface area (Å²) in [5.74, 6) is -1.12. The molecule has 4 heterocycles. The molecule has 0 atom stereocenters. The molecule has 0 aromatic carbocycles. The highest BCUT2D eigenvalue weighted by Crippen LogP contribution is 2.45. The number of hydrogen-bond donors (Lipinski definition) is 0. The summed E-state index contributed by atoms with van der Waals surface area (Å²) in [7, 11) is 0. The fraction of sp³-hybridized carbons (Fsp3) is 0.667. The molecule has 17 heavy (non-hydrogen) atoms. The van der Waals surface area contributed by atoms with Gasteiger partial charge in [-0.05, 0) is 6.42 Å². The summed E-state index contributed by atoms with van der Waals surface area (Å²) in [6, 6.07) is 0. The Hall–Kier alpha value is -1.04. The van der Waals surface area contributed by atoms with Gasteiger partial charge in [-0.15, -0.1) is 0 Å². The van der Waals surface area contributed by atoms with E-state index in [2.05, 4.69) is 16.9 Å². The van der Waals surface area contributed by atoms with Crippen molar-refractivity contribution >= 4 is 0 Å². The van der Waals surface area contributed by atoms with Crippen LogP contribution in [0.25, 0.3) is 0 Å². The predicted octanol–water partition coefficient (Wildman–Crippen LogP) is 1.45. The molecule has 0 N–H and O–H groups in total. The SMILES string of the molecule is CCCC12COC(c3cnccn3)(OC1)OC2. The molecule has 5 nitrogen and oxygen atoms in total. The molecule has 3 aliphatic rings. The highest BCUT2D eigenvalue weighted by atomic mass is 16.9. The van der Waals surface area contributed by atoms with Gasteiger partial charge in [-0.2, -0.15) is 0 Å². The van der Waals surface area contributed by atoms with Gasteiger partial charge in [-0.1, -0.05) is 13.3 Å². The van der Waals surface area contributed by atoms with Crippen molar-refractivity contribution in [2.45, 2.75) is 25.7 Å². The summed E-state index contributed by atoms with van der Waals surface area (Å²) < 4.78 is 17.3. The quantitative estimate of drug-likeness (QED) is 0.795. The fourth-order valence-corrected chi connectivity index (χ4v) is 2.42. The Kier molecular flexibility index (Phi) is 2.61. The second kappa shape index (κ2) is 4.01. The maximum absolute atomic E-state index is 5.76. The van der Waals surface area contributed by atoms with Crippen LogP contribution < -0.4 is 0 Å². The van der Waals surface area contributed by atoms with Crippen LogP contribution in [0.4, 0.5) is 0 Å². The van der Waals surface area contributed by atoms with Crippen molar-refractivity contribution in [1.82, 2.24) is 9.97 Å². The van der Waals surface area contributed by atoms with E-state index < -0.39 is 5.97 Å². The van der Waals surface area contributed by atoms with E-state index in [1.807, 2.05) is 0 Å². The van der Waals surface area contributed by atoms with E-state index in [9.17, 15) is 0 Å². The smallest absolute Gasteiger partial charge is 0.322 e. The number of hydrogen-bond acceptors (Lipinski definition) is 5. The lowest BCUT2D eigenvalue weighted by Gasteiger charge is -2.51. The Morgan fingerprint density at radius 3 is 2.41 bits per heavy atom. The maximum Gasteiger partial charge on any atom is 0.331 e. The average molecular weight is 236 g/mol. The summed E-state index contributed by atoms with van der Waals surface area (Å²) in [6.45, 7) is 4.15. The van der Waals surface area contributed by atoms with E-state index in [-0.39, 0.29) is 5.41 Å². The molecule has 5 heteroatoms. The van der Waals surface area contributed by atoms with Crippen LogP contribution >= 0.6 is 0 Å². The fourth-order valence-electron chi connectivity index (χ4n) is 2.42. The molecule has 0 amide bonds. The minimum absolute atomic E-state index is 0.0265. The number of aromatic nitrogens is 2. The Morgan fingerprint density at radius 2 is 1.88 bits per heavy atom. The Balaban J connectivity index is 1.82. The van der Waals surface area contributed by atoms with Crippen molar-refractivity contribution in [2.24, 2.45) is 5.41 Å². The zero-order chi connectivity index (χ0) is 11.8. The first-order valence-corrected chi connectivity index (χ1v) is 5.97. The molecule has 1 aromatic heterocycles. The van der Waals surface area contributed by atoms with E-state index in [0.29, 0.717) is 25.5 Å². The van der Waals surface area contributed by atoms with Crippen LogP contribution in [0.5, 0.6) is 0 Å². The first-order valence-electron chi connectivity index (χ1n) is 5.97. The van der Waals surface area contributed by atoms with Crippen molar-refractivity contribution in [3.05, 3.63) is 24.3 Å². The molecular formula is C12H16N2O3. The molecule has 0 aliphatic carbocycles. The van der Waals surface area contributed by atoms with Crippen LogP contribution in [0.3, 0.4) is 0 Å². The number of nitrogens with zero attached hydrogens (tertiary/aromatic N) is 2. The largest absolute Gasteiger partial charge is 0.331 e. The van der Waals surface area contributed by atoms with Gasteiger partial charge in [0.1, 0.15) is 5.69 Å². The van der Waals surface area contributed by atoms with Crippen molar-refractivity contribution in [3.63, 3.8) is 0 Å². The third kappa shape index (κ3) is 1.74.